The minimum absolute atomic E-state index is 0.00192. The minimum atomic E-state index is -4.04. The van der Waals surface area contributed by atoms with Gasteiger partial charge in [-0.15, -0.1) is 0 Å². The Morgan fingerprint density at radius 2 is 1.48 bits per heavy atom. The number of methoxy groups -OCH3 is 2. The average Bonchev–Trinajstić information content (AvgIpc) is 4.25. The van der Waals surface area contributed by atoms with Crippen LogP contribution in [0.4, 0.5) is 5.82 Å². The molecule has 2 aliphatic rings. The van der Waals surface area contributed by atoms with Crippen molar-refractivity contribution in [3.63, 3.8) is 0 Å². The van der Waals surface area contributed by atoms with E-state index < -0.39 is 66.5 Å². The van der Waals surface area contributed by atoms with Crippen LogP contribution in [0.1, 0.15) is 90.0 Å². The molecule has 1 amide bonds. The smallest absolute Gasteiger partial charge is 0.330 e. The SMILES string of the molecule is CCCOc1ccnc([C@@H](C)OP(=S)(OC[C@H]2OC(n3cc(C)c(=O)[nH]c3=O)C[C@@H]2O)O[C@H]2C[C@H](n3cnc4c(NC(=O)c5ccccc5)ncnc43)O[C@@H]2COC(c2ccccc2)(c2ccc(OC)cc2)c2ccc(OC)cc2)c1. The van der Waals surface area contributed by atoms with E-state index in [1.54, 1.807) is 81.6 Å². The number of nitrogens with zero attached hydrogens (tertiary/aromatic N) is 6. The number of carbonyl (C=O) groups is 1. The Bertz CT molecular complexity index is 3560. The fourth-order valence-electron chi connectivity index (χ4n) is 9.80. The maximum Gasteiger partial charge on any atom is 0.330 e. The van der Waals surface area contributed by atoms with Crippen LogP contribution in [0.2, 0.25) is 0 Å². The molecule has 4 aromatic heterocycles. The number of benzene rings is 4. The predicted octanol–water partition coefficient (Wildman–Crippen LogP) is 8.49. The third-order valence-electron chi connectivity index (χ3n) is 14.0. The molecule has 0 saturated carbocycles. The Morgan fingerprint density at radius 1 is 0.827 bits per heavy atom. The summed E-state index contributed by atoms with van der Waals surface area (Å²) in [4.78, 5) is 59.2. The van der Waals surface area contributed by atoms with E-state index in [0.717, 1.165) is 23.1 Å². The maximum absolute atomic E-state index is 13.4. The van der Waals surface area contributed by atoms with E-state index in [1.807, 2.05) is 91.9 Å². The quantitative estimate of drug-likeness (QED) is 0.0401. The number of aryl methyl sites for hydroxylation is 1. The van der Waals surface area contributed by atoms with E-state index in [0.29, 0.717) is 46.3 Å². The number of pyridine rings is 1. The van der Waals surface area contributed by atoms with Gasteiger partial charge in [-0.3, -0.25) is 33.2 Å². The summed E-state index contributed by atoms with van der Waals surface area (Å²) in [6.45, 7) is 1.32. The number of imidazole rings is 1. The first-order valence-electron chi connectivity index (χ1n) is 26.3. The van der Waals surface area contributed by atoms with Gasteiger partial charge in [-0.1, -0.05) is 79.7 Å². The van der Waals surface area contributed by atoms with Crippen molar-refractivity contribution in [2.24, 2.45) is 0 Å². The summed E-state index contributed by atoms with van der Waals surface area (Å²) in [6.07, 6.45) is 0.0962. The van der Waals surface area contributed by atoms with Gasteiger partial charge < -0.3 is 47.9 Å². The van der Waals surface area contributed by atoms with Crippen LogP contribution in [0.15, 0.2) is 156 Å². The first-order valence-corrected chi connectivity index (χ1v) is 28.9. The number of rotatable bonds is 23. The van der Waals surface area contributed by atoms with E-state index in [2.05, 4.69) is 30.2 Å². The van der Waals surface area contributed by atoms with Crippen LogP contribution in [0.25, 0.3) is 11.2 Å². The highest BCUT2D eigenvalue weighted by Crippen LogP contribution is 2.57. The van der Waals surface area contributed by atoms with Gasteiger partial charge in [0.15, 0.2) is 17.0 Å². The standard InChI is InChI=1S/C58H61N8O13PS/c1-6-27-73-44-25-26-59-45(28-44)37(3)78-80(81,75-33-48-46(67)29-50(76-48)65-31-36(2)55(68)64-57(65)70)79-47-30-51(66-35-62-52-53(60-34-61-54(52)66)63-56(69)38-13-9-7-10-14-38)77-49(47)32-74-58(39-15-11-8-12-16-39,40-17-21-42(71-4)22-18-40)41-19-23-43(72-5)24-20-41/h7-26,28,31,34-35,37,46-51,67H,6,27,29-30,32-33H2,1-5H3,(H,64,68,70)(H,60,61,63,69)/t37-,46+,47+,48-,49-,50?,51-,80?/m1/s1. The molecule has 10 rings (SSSR count). The molecule has 422 valence electrons. The summed E-state index contributed by atoms with van der Waals surface area (Å²) in [5.74, 6) is 1.67. The van der Waals surface area contributed by atoms with Crippen molar-refractivity contribution in [2.45, 2.75) is 88.6 Å². The van der Waals surface area contributed by atoms with Crippen LogP contribution >= 0.6 is 6.72 Å². The third-order valence-corrected chi connectivity index (χ3v) is 16.4. The van der Waals surface area contributed by atoms with Crippen molar-refractivity contribution >= 4 is 41.4 Å². The van der Waals surface area contributed by atoms with Crippen molar-refractivity contribution in [3.8, 4) is 17.2 Å². The fraction of sp³-hybridized carbons (Fsp3) is 0.328. The second kappa shape index (κ2) is 25.1. The van der Waals surface area contributed by atoms with Crippen LogP contribution in [-0.2, 0) is 45.2 Å². The minimum Gasteiger partial charge on any atom is -0.497 e. The van der Waals surface area contributed by atoms with Gasteiger partial charge in [-0.05, 0) is 91.2 Å². The van der Waals surface area contributed by atoms with Crippen molar-refractivity contribution < 1.29 is 51.9 Å². The lowest BCUT2D eigenvalue weighted by Crippen LogP contribution is -2.38. The van der Waals surface area contributed by atoms with Crippen molar-refractivity contribution in [3.05, 3.63) is 201 Å². The zero-order valence-electron chi connectivity index (χ0n) is 45.0. The van der Waals surface area contributed by atoms with Gasteiger partial charge in [0.1, 0.15) is 59.9 Å². The zero-order chi connectivity index (χ0) is 56.7. The Hall–Kier alpha value is -7.50. The fourth-order valence-corrected chi connectivity index (χ4v) is 12.2. The number of fused-ring (bicyclic) bond motifs is 1. The molecule has 2 aliphatic heterocycles. The average molecular weight is 1140 g/mol. The van der Waals surface area contributed by atoms with Crippen LogP contribution in [-0.4, -0.2) is 104 Å². The molecule has 21 nitrogen and oxygen atoms in total. The Morgan fingerprint density at radius 3 is 2.16 bits per heavy atom. The van der Waals surface area contributed by atoms with Gasteiger partial charge in [0, 0.05) is 42.4 Å². The molecule has 4 aromatic carbocycles. The molecule has 0 aliphatic carbocycles. The maximum atomic E-state index is 13.4. The molecule has 0 spiro atoms. The summed E-state index contributed by atoms with van der Waals surface area (Å²) < 4.78 is 61.3. The molecule has 23 heteroatoms. The van der Waals surface area contributed by atoms with Crippen molar-refractivity contribution in [1.82, 2.24) is 34.1 Å². The zero-order valence-corrected chi connectivity index (χ0v) is 46.7. The van der Waals surface area contributed by atoms with Gasteiger partial charge >= 0.3 is 12.4 Å². The van der Waals surface area contributed by atoms with Crippen LogP contribution in [0.3, 0.4) is 0 Å². The number of hydrogen-bond donors (Lipinski definition) is 3. The molecule has 2 unspecified atom stereocenters. The Kier molecular flexibility index (Phi) is 17.6. The lowest BCUT2D eigenvalue weighted by atomic mass is 9.80. The number of anilines is 1. The van der Waals surface area contributed by atoms with Crippen LogP contribution in [0.5, 0.6) is 17.2 Å². The van der Waals surface area contributed by atoms with Gasteiger partial charge in [-0.25, -0.2) is 19.7 Å². The lowest BCUT2D eigenvalue weighted by Gasteiger charge is -2.37. The highest BCUT2D eigenvalue weighted by Gasteiger charge is 2.47. The predicted molar refractivity (Wildman–Crippen MR) is 302 cm³/mol. The van der Waals surface area contributed by atoms with E-state index in [1.165, 1.54) is 17.1 Å². The number of H-pyrrole nitrogens is 1. The summed E-state index contributed by atoms with van der Waals surface area (Å²) in [7, 11) is 3.21. The second-order valence-electron chi connectivity index (χ2n) is 19.4. The highest BCUT2D eigenvalue weighted by molar-refractivity contribution is 8.07. The number of aliphatic hydroxyl groups is 1. The highest BCUT2D eigenvalue weighted by atomic mass is 32.5. The summed E-state index contributed by atoms with van der Waals surface area (Å²) in [5.41, 5.74) is 1.66. The topological polar surface area (TPSA) is 244 Å². The molecule has 8 aromatic rings. The second-order valence-corrected chi connectivity index (χ2v) is 22.3. The molecule has 2 fully saturated rings. The number of amides is 1. The number of carbonyl (C=O) groups excluding carboxylic acids is 1. The first-order chi connectivity index (χ1) is 39.3. The first kappa shape index (κ1) is 56.8. The van der Waals surface area contributed by atoms with Gasteiger partial charge in [0.05, 0.1) is 58.3 Å². The molecule has 3 N–H and O–H groups in total. The molecular weight excluding hydrogens is 1080 g/mol. The summed E-state index contributed by atoms with van der Waals surface area (Å²) in [5, 5.41) is 14.3. The molecular formula is C58H61N8O13PS. The molecule has 81 heavy (non-hydrogen) atoms. The Labute approximate surface area is 471 Å². The Balaban J connectivity index is 1.03. The summed E-state index contributed by atoms with van der Waals surface area (Å²) in [6, 6.07) is 37.3. The van der Waals surface area contributed by atoms with Gasteiger partial charge in [-0.2, -0.15) is 0 Å². The third kappa shape index (κ3) is 12.5. The molecule has 0 bridgehead atoms. The van der Waals surface area contributed by atoms with Crippen LogP contribution in [0, 0.1) is 6.92 Å². The molecule has 2 saturated heterocycles. The van der Waals surface area contributed by atoms with E-state index >= 15 is 0 Å². The monoisotopic (exact) mass is 1140 g/mol. The van der Waals surface area contributed by atoms with Crippen molar-refractivity contribution in [2.75, 3.05) is 39.4 Å². The van der Waals surface area contributed by atoms with E-state index in [4.69, 9.17) is 53.8 Å². The largest absolute Gasteiger partial charge is 0.497 e. The van der Waals surface area contributed by atoms with E-state index in [-0.39, 0.29) is 43.3 Å². The number of ether oxygens (including phenoxy) is 6. The number of aromatic nitrogens is 7. The number of nitrogens with one attached hydrogen (secondary N) is 2. The normalized spacial score (nSPS) is 20.2. The van der Waals surface area contributed by atoms with Gasteiger partial charge in [0.25, 0.3) is 11.5 Å². The van der Waals surface area contributed by atoms with Crippen LogP contribution < -0.4 is 30.8 Å². The summed E-state index contributed by atoms with van der Waals surface area (Å²) >= 11 is 6.42. The lowest BCUT2D eigenvalue weighted by molar-refractivity contribution is -0.0934. The van der Waals surface area contributed by atoms with Gasteiger partial charge in [0.2, 0.25) is 0 Å². The molecule has 8 atom stereocenters. The molecule has 6 heterocycles. The van der Waals surface area contributed by atoms with Crippen molar-refractivity contribution in [1.29, 1.82) is 0 Å². The van der Waals surface area contributed by atoms with E-state index in [9.17, 15) is 19.5 Å². The molecule has 0 radical (unpaired) electrons. The number of hydrogen-bond acceptors (Lipinski definition) is 18. The number of aromatic amines is 1. The number of aliphatic hydroxyl groups excluding tert-OH is 1.